The molecule has 0 bridgehead atoms. The van der Waals surface area contributed by atoms with Crippen LogP contribution in [0.4, 0.5) is 10.1 Å². The number of benzene rings is 1. The second-order valence-electron chi connectivity index (χ2n) is 4.63. The summed E-state index contributed by atoms with van der Waals surface area (Å²) in [7, 11) is 2.02. The van der Waals surface area contributed by atoms with Gasteiger partial charge in [-0.15, -0.1) is 0 Å². The maximum absolute atomic E-state index is 13.7. The van der Waals surface area contributed by atoms with Gasteiger partial charge in [-0.05, 0) is 31.0 Å². The van der Waals surface area contributed by atoms with Crippen LogP contribution in [0.1, 0.15) is 12.0 Å². The fraction of sp³-hybridized carbons (Fsp3) is 0.500. The zero-order valence-electron chi connectivity index (χ0n) is 8.89. The van der Waals surface area contributed by atoms with Crippen LogP contribution in [0.3, 0.4) is 0 Å². The molecule has 15 heavy (non-hydrogen) atoms. The number of rotatable bonds is 0. The molecule has 2 aliphatic heterocycles. The van der Waals surface area contributed by atoms with Crippen molar-refractivity contribution in [1.29, 1.82) is 0 Å². The lowest BCUT2D eigenvalue weighted by molar-refractivity contribution is 0.462. The average molecular weight is 206 g/mol. The smallest absolute Gasteiger partial charge is 0.146 e. The summed E-state index contributed by atoms with van der Waals surface area (Å²) in [4.78, 5) is 2.14. The van der Waals surface area contributed by atoms with Crippen LogP contribution >= 0.6 is 0 Å². The maximum atomic E-state index is 13.7. The molecule has 2 aliphatic rings. The molecule has 3 heteroatoms. The van der Waals surface area contributed by atoms with Gasteiger partial charge >= 0.3 is 0 Å². The summed E-state index contributed by atoms with van der Waals surface area (Å²) < 4.78 is 13.7. The summed E-state index contributed by atoms with van der Waals surface area (Å²) in [6.07, 6.45) is 2.08. The van der Waals surface area contributed by atoms with Crippen LogP contribution < -0.4 is 10.2 Å². The first kappa shape index (κ1) is 9.16. The van der Waals surface area contributed by atoms with Gasteiger partial charge in [0.25, 0.3) is 0 Å². The Labute approximate surface area is 89.1 Å². The molecular weight excluding hydrogens is 191 g/mol. The highest BCUT2D eigenvalue weighted by molar-refractivity contribution is 5.62. The molecule has 1 N–H and O–H groups in total. The minimum absolute atomic E-state index is 0.0845. The highest BCUT2D eigenvalue weighted by Crippen LogP contribution is 2.42. The molecule has 80 valence electrons. The lowest BCUT2D eigenvalue weighted by Crippen LogP contribution is -2.46. The SMILES string of the molecule is CN1c2c(F)cccc2CC12CCNC2. The van der Waals surface area contributed by atoms with Crippen LogP contribution in [0.15, 0.2) is 18.2 Å². The quantitative estimate of drug-likeness (QED) is 0.693. The second-order valence-corrected chi connectivity index (χ2v) is 4.63. The van der Waals surface area contributed by atoms with E-state index in [9.17, 15) is 4.39 Å². The number of para-hydroxylation sites is 1. The van der Waals surface area contributed by atoms with Crippen molar-refractivity contribution in [3.63, 3.8) is 0 Å². The molecule has 0 saturated carbocycles. The molecule has 1 spiro atoms. The Balaban J connectivity index is 2.08. The van der Waals surface area contributed by atoms with Gasteiger partial charge in [0.15, 0.2) is 0 Å². The molecule has 0 aromatic heterocycles. The van der Waals surface area contributed by atoms with E-state index >= 15 is 0 Å². The van der Waals surface area contributed by atoms with E-state index in [2.05, 4.69) is 10.2 Å². The van der Waals surface area contributed by atoms with Gasteiger partial charge in [0.05, 0.1) is 11.2 Å². The standard InChI is InChI=1S/C12H15FN2/c1-15-11-9(3-2-4-10(11)13)7-12(15)5-6-14-8-12/h2-4,14H,5-8H2,1H3. The molecule has 1 unspecified atom stereocenters. The Kier molecular flexibility index (Phi) is 1.80. The fourth-order valence-corrected chi connectivity index (χ4v) is 2.96. The van der Waals surface area contributed by atoms with Gasteiger partial charge in [0, 0.05) is 13.6 Å². The molecule has 0 amide bonds. The highest BCUT2D eigenvalue weighted by atomic mass is 19.1. The summed E-state index contributed by atoms with van der Waals surface area (Å²) in [5.41, 5.74) is 2.09. The number of likely N-dealkylation sites (N-methyl/N-ethyl adjacent to an activating group) is 1. The van der Waals surface area contributed by atoms with Gasteiger partial charge in [0.2, 0.25) is 0 Å². The molecule has 3 rings (SSSR count). The average Bonchev–Trinajstić information content (AvgIpc) is 2.76. The van der Waals surface area contributed by atoms with Crippen molar-refractivity contribution in [3.05, 3.63) is 29.6 Å². The predicted molar refractivity (Wildman–Crippen MR) is 58.7 cm³/mol. The fourth-order valence-electron chi connectivity index (χ4n) is 2.96. The van der Waals surface area contributed by atoms with Crippen LogP contribution in [0.5, 0.6) is 0 Å². The van der Waals surface area contributed by atoms with Gasteiger partial charge in [-0.1, -0.05) is 12.1 Å². The number of halogens is 1. The van der Waals surface area contributed by atoms with Crippen molar-refractivity contribution in [1.82, 2.24) is 5.32 Å². The number of hydrogen-bond donors (Lipinski definition) is 1. The summed E-state index contributed by atoms with van der Waals surface area (Å²) in [6.45, 7) is 2.01. The van der Waals surface area contributed by atoms with E-state index in [1.54, 1.807) is 6.07 Å². The highest BCUT2D eigenvalue weighted by Gasteiger charge is 2.44. The van der Waals surface area contributed by atoms with E-state index in [-0.39, 0.29) is 11.4 Å². The van der Waals surface area contributed by atoms with Crippen LogP contribution in [0.25, 0.3) is 0 Å². The van der Waals surface area contributed by atoms with E-state index in [0.29, 0.717) is 0 Å². The Bertz CT molecular complexity index is 397. The normalized spacial score (nSPS) is 28.8. The number of hydrogen-bond acceptors (Lipinski definition) is 2. The monoisotopic (exact) mass is 206 g/mol. The van der Waals surface area contributed by atoms with Crippen molar-refractivity contribution in [2.24, 2.45) is 0 Å². The van der Waals surface area contributed by atoms with Gasteiger partial charge < -0.3 is 10.2 Å². The van der Waals surface area contributed by atoms with E-state index in [1.807, 2.05) is 19.2 Å². The van der Waals surface area contributed by atoms with Crippen LogP contribution in [0.2, 0.25) is 0 Å². The van der Waals surface area contributed by atoms with Crippen LogP contribution in [-0.4, -0.2) is 25.7 Å². The second kappa shape index (κ2) is 2.95. The van der Waals surface area contributed by atoms with E-state index in [1.165, 1.54) is 0 Å². The van der Waals surface area contributed by atoms with Gasteiger partial charge in [-0.25, -0.2) is 4.39 Å². The Hall–Kier alpha value is -1.09. The number of anilines is 1. The summed E-state index contributed by atoms with van der Waals surface area (Å²) in [5, 5.41) is 3.38. The topological polar surface area (TPSA) is 15.3 Å². The van der Waals surface area contributed by atoms with Gasteiger partial charge in [-0.3, -0.25) is 0 Å². The first-order chi connectivity index (χ1) is 7.23. The minimum Gasteiger partial charge on any atom is -0.365 e. The Morgan fingerprint density at radius 2 is 2.33 bits per heavy atom. The van der Waals surface area contributed by atoms with E-state index in [4.69, 9.17) is 0 Å². The minimum atomic E-state index is -0.0845. The number of nitrogens with zero attached hydrogens (tertiary/aromatic N) is 1. The van der Waals surface area contributed by atoms with Crippen molar-refractivity contribution < 1.29 is 4.39 Å². The van der Waals surface area contributed by atoms with Gasteiger partial charge in [-0.2, -0.15) is 0 Å². The van der Waals surface area contributed by atoms with Crippen molar-refractivity contribution >= 4 is 5.69 Å². The summed E-state index contributed by atoms with van der Waals surface area (Å²) in [6, 6.07) is 5.40. The van der Waals surface area contributed by atoms with Crippen molar-refractivity contribution in [2.75, 3.05) is 25.0 Å². The molecule has 0 radical (unpaired) electrons. The molecule has 0 aliphatic carbocycles. The molecule has 2 nitrogen and oxygen atoms in total. The third-order valence-corrected chi connectivity index (χ3v) is 3.86. The van der Waals surface area contributed by atoms with Crippen molar-refractivity contribution in [2.45, 2.75) is 18.4 Å². The molecule has 1 aromatic carbocycles. The first-order valence-corrected chi connectivity index (χ1v) is 5.45. The molecule has 2 heterocycles. The zero-order chi connectivity index (χ0) is 10.5. The van der Waals surface area contributed by atoms with E-state index in [0.717, 1.165) is 37.2 Å². The predicted octanol–water partition coefficient (Wildman–Crippen LogP) is 1.55. The van der Waals surface area contributed by atoms with E-state index < -0.39 is 0 Å². The molecule has 1 saturated heterocycles. The van der Waals surface area contributed by atoms with Gasteiger partial charge in [0.1, 0.15) is 5.82 Å². The lowest BCUT2D eigenvalue weighted by atomic mass is 9.93. The summed E-state index contributed by atoms with van der Waals surface area (Å²) in [5.74, 6) is -0.0845. The maximum Gasteiger partial charge on any atom is 0.146 e. The Morgan fingerprint density at radius 3 is 3.00 bits per heavy atom. The number of fused-ring (bicyclic) bond motifs is 1. The Morgan fingerprint density at radius 1 is 1.47 bits per heavy atom. The summed E-state index contributed by atoms with van der Waals surface area (Å²) >= 11 is 0. The third-order valence-electron chi connectivity index (χ3n) is 3.86. The molecule has 1 atom stereocenters. The van der Waals surface area contributed by atoms with Crippen LogP contribution in [0, 0.1) is 5.82 Å². The van der Waals surface area contributed by atoms with Crippen LogP contribution in [-0.2, 0) is 6.42 Å². The largest absolute Gasteiger partial charge is 0.365 e. The molecule has 1 aromatic rings. The lowest BCUT2D eigenvalue weighted by Gasteiger charge is -2.33. The molecule has 1 fully saturated rings. The van der Waals surface area contributed by atoms with Crippen molar-refractivity contribution in [3.8, 4) is 0 Å². The third kappa shape index (κ3) is 1.13. The molecular formula is C12H15FN2. The zero-order valence-corrected chi connectivity index (χ0v) is 8.89. The first-order valence-electron chi connectivity index (χ1n) is 5.45. The number of nitrogens with one attached hydrogen (secondary N) is 1.